The lowest BCUT2D eigenvalue weighted by Crippen LogP contribution is -2.09. The fraction of sp³-hybridized carbons (Fsp3) is 0.190. The van der Waals surface area contributed by atoms with E-state index >= 15 is 0 Å². The zero-order valence-corrected chi connectivity index (χ0v) is 15.1. The van der Waals surface area contributed by atoms with Crippen LogP contribution >= 0.6 is 0 Å². The highest BCUT2D eigenvalue weighted by Gasteiger charge is 2.16. The molecule has 4 aromatic rings. The molecule has 1 N–H and O–H groups in total. The first kappa shape index (κ1) is 16.3. The third kappa shape index (κ3) is 2.81. The standard InChI is InChI=1S/C21H20N4O/c1-13-12-22-18(15(3)14(13)2)11-20(26)21-23-17-7-6-16(10-19(17)24-21)25-8-4-5-9-25/h4-10,12H,11H2,1-3H3,(H,23,24). The van der Waals surface area contributed by atoms with Crippen LogP contribution in [0.3, 0.4) is 0 Å². The summed E-state index contributed by atoms with van der Waals surface area (Å²) in [5.74, 6) is 0.326. The number of imidazole rings is 1. The van der Waals surface area contributed by atoms with Crippen molar-refractivity contribution in [3.05, 3.63) is 77.1 Å². The Hall–Kier alpha value is -3.21. The molecule has 0 aliphatic heterocycles. The van der Waals surface area contributed by atoms with Crippen LogP contribution in [0.15, 0.2) is 48.9 Å². The summed E-state index contributed by atoms with van der Waals surface area (Å²) >= 11 is 0. The average molecular weight is 344 g/mol. The molecule has 0 bridgehead atoms. The number of ketones is 1. The normalized spacial score (nSPS) is 11.2. The molecule has 26 heavy (non-hydrogen) atoms. The van der Waals surface area contributed by atoms with Crippen molar-refractivity contribution in [2.24, 2.45) is 0 Å². The van der Waals surface area contributed by atoms with E-state index in [2.05, 4.69) is 21.9 Å². The fourth-order valence-corrected chi connectivity index (χ4v) is 3.09. The number of aryl methyl sites for hydroxylation is 1. The van der Waals surface area contributed by atoms with Crippen LogP contribution in [0.25, 0.3) is 16.7 Å². The molecule has 0 aliphatic rings. The minimum absolute atomic E-state index is 0.0532. The molecule has 0 unspecified atom stereocenters. The summed E-state index contributed by atoms with van der Waals surface area (Å²) in [4.78, 5) is 24.8. The van der Waals surface area contributed by atoms with Crippen LogP contribution in [0.1, 0.15) is 33.0 Å². The zero-order chi connectivity index (χ0) is 18.3. The Labute approximate surface area is 151 Å². The molecule has 0 fully saturated rings. The van der Waals surface area contributed by atoms with Crippen molar-refractivity contribution in [1.82, 2.24) is 19.5 Å². The molecule has 0 amide bonds. The topological polar surface area (TPSA) is 63.6 Å². The van der Waals surface area contributed by atoms with Crippen LogP contribution in [0.4, 0.5) is 0 Å². The third-order valence-electron chi connectivity index (χ3n) is 4.96. The lowest BCUT2D eigenvalue weighted by molar-refractivity contribution is 0.0983. The number of aromatic amines is 1. The molecular formula is C21H20N4O. The number of nitrogens with zero attached hydrogens (tertiary/aromatic N) is 3. The summed E-state index contributed by atoms with van der Waals surface area (Å²) in [7, 11) is 0. The summed E-state index contributed by atoms with van der Waals surface area (Å²) in [5.41, 5.74) is 6.87. The van der Waals surface area contributed by atoms with E-state index in [9.17, 15) is 4.79 Å². The molecule has 0 spiro atoms. The summed E-state index contributed by atoms with van der Waals surface area (Å²) in [5, 5.41) is 0. The molecule has 0 radical (unpaired) electrons. The number of carbonyl (C=O) groups excluding carboxylic acids is 1. The molecule has 3 aromatic heterocycles. The molecule has 1 aromatic carbocycles. The van der Waals surface area contributed by atoms with E-state index in [1.807, 2.05) is 67.3 Å². The summed E-state index contributed by atoms with van der Waals surface area (Å²) in [6.45, 7) is 6.10. The summed E-state index contributed by atoms with van der Waals surface area (Å²) in [6.07, 6.45) is 6.04. The predicted octanol–water partition coefficient (Wildman–Crippen LogP) is 4.10. The highest BCUT2D eigenvalue weighted by Crippen LogP contribution is 2.19. The summed E-state index contributed by atoms with van der Waals surface area (Å²) < 4.78 is 2.02. The molecule has 5 nitrogen and oxygen atoms in total. The number of H-pyrrole nitrogens is 1. The van der Waals surface area contributed by atoms with Crippen LogP contribution in [-0.4, -0.2) is 25.3 Å². The molecule has 3 heterocycles. The van der Waals surface area contributed by atoms with E-state index in [4.69, 9.17) is 0 Å². The second-order valence-corrected chi connectivity index (χ2v) is 6.62. The van der Waals surface area contributed by atoms with Gasteiger partial charge in [0.2, 0.25) is 5.78 Å². The maximum atomic E-state index is 12.7. The van der Waals surface area contributed by atoms with Crippen molar-refractivity contribution in [2.75, 3.05) is 0 Å². The Kier molecular flexibility index (Phi) is 3.92. The van der Waals surface area contributed by atoms with Gasteiger partial charge in [0.15, 0.2) is 5.82 Å². The number of aromatic nitrogens is 4. The number of hydrogen-bond donors (Lipinski definition) is 1. The van der Waals surface area contributed by atoms with Crippen molar-refractivity contribution >= 4 is 16.8 Å². The van der Waals surface area contributed by atoms with Gasteiger partial charge in [-0.3, -0.25) is 9.78 Å². The van der Waals surface area contributed by atoms with Gasteiger partial charge in [-0.05, 0) is 67.8 Å². The van der Waals surface area contributed by atoms with Crippen LogP contribution in [-0.2, 0) is 6.42 Å². The number of benzene rings is 1. The van der Waals surface area contributed by atoms with E-state index in [1.165, 1.54) is 5.56 Å². The molecule has 5 heteroatoms. The van der Waals surface area contributed by atoms with E-state index in [1.54, 1.807) is 0 Å². The number of fused-ring (bicyclic) bond motifs is 1. The smallest absolute Gasteiger partial charge is 0.204 e. The SMILES string of the molecule is Cc1cnc(CC(=O)c2nc3ccc(-n4cccc4)cc3[nH]2)c(C)c1C. The van der Waals surface area contributed by atoms with Crippen LogP contribution in [0.5, 0.6) is 0 Å². The van der Waals surface area contributed by atoms with Gasteiger partial charge in [0.25, 0.3) is 0 Å². The maximum absolute atomic E-state index is 12.7. The Morgan fingerprint density at radius 2 is 1.88 bits per heavy atom. The Morgan fingerprint density at radius 1 is 1.12 bits per heavy atom. The second-order valence-electron chi connectivity index (χ2n) is 6.62. The van der Waals surface area contributed by atoms with Gasteiger partial charge < -0.3 is 9.55 Å². The largest absolute Gasteiger partial charge is 0.335 e. The van der Waals surface area contributed by atoms with E-state index in [-0.39, 0.29) is 12.2 Å². The summed E-state index contributed by atoms with van der Waals surface area (Å²) in [6, 6.07) is 9.87. The highest BCUT2D eigenvalue weighted by atomic mass is 16.1. The van der Waals surface area contributed by atoms with Crippen molar-refractivity contribution in [3.8, 4) is 5.69 Å². The monoisotopic (exact) mass is 344 g/mol. The van der Waals surface area contributed by atoms with E-state index < -0.39 is 0 Å². The van der Waals surface area contributed by atoms with Gasteiger partial charge >= 0.3 is 0 Å². The lowest BCUT2D eigenvalue weighted by Gasteiger charge is -2.08. The van der Waals surface area contributed by atoms with Gasteiger partial charge in [-0.25, -0.2) is 4.98 Å². The van der Waals surface area contributed by atoms with E-state index in [0.29, 0.717) is 5.82 Å². The van der Waals surface area contributed by atoms with Crippen molar-refractivity contribution in [3.63, 3.8) is 0 Å². The van der Waals surface area contributed by atoms with Crippen molar-refractivity contribution in [1.29, 1.82) is 0 Å². The number of Topliss-reactive ketones (excluding diaryl/α,β-unsaturated/α-hetero) is 1. The lowest BCUT2D eigenvalue weighted by atomic mass is 10.0. The van der Waals surface area contributed by atoms with Gasteiger partial charge in [0.05, 0.1) is 23.1 Å². The minimum Gasteiger partial charge on any atom is -0.335 e. The van der Waals surface area contributed by atoms with Crippen molar-refractivity contribution in [2.45, 2.75) is 27.2 Å². The molecule has 0 saturated heterocycles. The van der Waals surface area contributed by atoms with Crippen molar-refractivity contribution < 1.29 is 4.79 Å². The number of carbonyl (C=O) groups is 1. The van der Waals surface area contributed by atoms with Crippen LogP contribution < -0.4 is 0 Å². The maximum Gasteiger partial charge on any atom is 0.204 e. The van der Waals surface area contributed by atoms with Gasteiger partial charge in [0, 0.05) is 24.3 Å². The van der Waals surface area contributed by atoms with Gasteiger partial charge in [-0.15, -0.1) is 0 Å². The number of rotatable bonds is 4. The Bertz CT molecular complexity index is 1110. The molecule has 0 saturated carbocycles. The molecule has 4 rings (SSSR count). The molecule has 0 aliphatic carbocycles. The number of hydrogen-bond acceptors (Lipinski definition) is 3. The first-order valence-electron chi connectivity index (χ1n) is 8.61. The second kappa shape index (κ2) is 6.26. The van der Waals surface area contributed by atoms with E-state index in [0.717, 1.165) is 33.5 Å². The first-order valence-corrected chi connectivity index (χ1v) is 8.61. The zero-order valence-electron chi connectivity index (χ0n) is 15.1. The predicted molar refractivity (Wildman–Crippen MR) is 102 cm³/mol. The van der Waals surface area contributed by atoms with Gasteiger partial charge in [0.1, 0.15) is 0 Å². The molecule has 130 valence electrons. The van der Waals surface area contributed by atoms with Crippen LogP contribution in [0, 0.1) is 20.8 Å². The molecular weight excluding hydrogens is 324 g/mol. The number of nitrogens with one attached hydrogen (secondary N) is 1. The third-order valence-corrected chi connectivity index (χ3v) is 4.96. The number of pyridine rings is 1. The average Bonchev–Trinajstić information content (AvgIpc) is 3.30. The van der Waals surface area contributed by atoms with Crippen LogP contribution in [0.2, 0.25) is 0 Å². The fourth-order valence-electron chi connectivity index (χ4n) is 3.09. The highest BCUT2D eigenvalue weighted by molar-refractivity contribution is 5.97. The quantitative estimate of drug-likeness (QED) is 0.567. The van der Waals surface area contributed by atoms with Gasteiger partial charge in [-0.1, -0.05) is 0 Å². The first-order chi connectivity index (χ1) is 12.5. The minimum atomic E-state index is -0.0532. The molecule has 0 atom stereocenters. The Balaban J connectivity index is 1.64. The Morgan fingerprint density at radius 3 is 2.65 bits per heavy atom. The van der Waals surface area contributed by atoms with Gasteiger partial charge in [-0.2, -0.15) is 0 Å².